The Balaban J connectivity index is 1.28. The molecule has 198 valence electrons. The van der Waals surface area contributed by atoms with Gasteiger partial charge in [-0.1, -0.05) is 6.92 Å². The van der Waals surface area contributed by atoms with E-state index in [4.69, 9.17) is 9.72 Å². The van der Waals surface area contributed by atoms with Gasteiger partial charge in [-0.05, 0) is 66.0 Å². The third-order valence-corrected chi connectivity index (χ3v) is 8.05. The highest BCUT2D eigenvalue weighted by atomic mass is 79.9. The number of nitrogens with one attached hydrogen (secondary N) is 2. The zero-order chi connectivity index (χ0) is 25.8. The Kier molecular flexibility index (Phi) is 8.26. The molecule has 2 fully saturated rings. The maximum absolute atomic E-state index is 12.6. The third kappa shape index (κ3) is 5.91. The van der Waals surface area contributed by atoms with Crippen molar-refractivity contribution in [2.45, 2.75) is 32.2 Å². The molecule has 4 heterocycles. The predicted molar refractivity (Wildman–Crippen MR) is 151 cm³/mol. The number of aromatic amines is 1. The van der Waals surface area contributed by atoms with Crippen molar-refractivity contribution >= 4 is 44.4 Å². The molecule has 2 aromatic heterocycles. The van der Waals surface area contributed by atoms with Crippen LogP contribution in [0.25, 0.3) is 22.6 Å². The Morgan fingerprint density at radius 2 is 1.95 bits per heavy atom. The van der Waals surface area contributed by atoms with Crippen molar-refractivity contribution in [3.63, 3.8) is 0 Å². The second-order valence-corrected chi connectivity index (χ2v) is 10.7. The lowest BCUT2D eigenvalue weighted by molar-refractivity contribution is -0.131. The van der Waals surface area contributed by atoms with Gasteiger partial charge in [0.2, 0.25) is 5.91 Å². The van der Waals surface area contributed by atoms with Gasteiger partial charge in [-0.2, -0.15) is 0 Å². The fraction of sp³-hybridized carbons (Fsp3) is 0.519. The minimum absolute atomic E-state index is 0.167. The molecule has 0 spiro atoms. The van der Waals surface area contributed by atoms with Crippen molar-refractivity contribution in [1.29, 1.82) is 0 Å². The number of halogens is 1. The SMILES string of the molecule is CCN1CCC(Nc2c(Br)cnc3[nH]c(-c4ccc(N5CCN(CCCOC)C(=O)C5)cc4)nc23)CC1. The van der Waals surface area contributed by atoms with Crippen LogP contribution < -0.4 is 10.2 Å². The van der Waals surface area contributed by atoms with Gasteiger partial charge in [0.15, 0.2) is 5.65 Å². The summed E-state index contributed by atoms with van der Waals surface area (Å²) in [6.45, 7) is 8.97. The Bertz CT molecular complexity index is 1210. The van der Waals surface area contributed by atoms with Crippen LogP contribution in [0.2, 0.25) is 0 Å². The molecule has 0 unspecified atom stereocenters. The molecule has 2 N–H and O–H groups in total. The highest BCUT2D eigenvalue weighted by Gasteiger charge is 2.24. The van der Waals surface area contributed by atoms with Gasteiger partial charge in [0.1, 0.15) is 11.3 Å². The van der Waals surface area contributed by atoms with Crippen LogP contribution in [0.4, 0.5) is 11.4 Å². The number of rotatable bonds is 9. The van der Waals surface area contributed by atoms with Gasteiger partial charge in [0, 0.05) is 69.9 Å². The van der Waals surface area contributed by atoms with E-state index in [1.165, 1.54) is 0 Å². The largest absolute Gasteiger partial charge is 0.385 e. The number of anilines is 2. The Labute approximate surface area is 226 Å². The first-order valence-corrected chi connectivity index (χ1v) is 14.0. The van der Waals surface area contributed by atoms with Crippen LogP contribution in [-0.4, -0.2) is 96.2 Å². The number of nitrogens with zero attached hydrogens (tertiary/aromatic N) is 5. The van der Waals surface area contributed by atoms with Gasteiger partial charge >= 0.3 is 0 Å². The number of carbonyl (C=O) groups excluding carboxylic acids is 1. The fourth-order valence-corrected chi connectivity index (χ4v) is 5.60. The Morgan fingerprint density at radius 3 is 2.65 bits per heavy atom. The van der Waals surface area contributed by atoms with Gasteiger partial charge in [0.05, 0.1) is 16.7 Å². The highest BCUT2D eigenvalue weighted by Crippen LogP contribution is 2.33. The summed E-state index contributed by atoms with van der Waals surface area (Å²) >= 11 is 3.68. The van der Waals surface area contributed by atoms with E-state index in [0.29, 0.717) is 19.2 Å². The molecule has 9 nitrogen and oxygen atoms in total. The number of likely N-dealkylation sites (tertiary alicyclic amines) is 1. The molecule has 2 saturated heterocycles. The standard InChI is InChI=1S/C27H36BrN7O2/c1-3-33-12-9-20(10-13-33)30-24-22(28)17-29-27-25(24)31-26(32-27)19-5-7-21(8-6-19)35-15-14-34(23(36)18-35)11-4-16-37-2/h5-8,17,20H,3-4,9-16,18H2,1-2H3,(H2,29,30,31,32). The summed E-state index contributed by atoms with van der Waals surface area (Å²) in [7, 11) is 1.69. The van der Waals surface area contributed by atoms with Crippen molar-refractivity contribution in [2.24, 2.45) is 0 Å². The molecule has 3 aromatic rings. The molecule has 0 radical (unpaired) electrons. The summed E-state index contributed by atoms with van der Waals surface area (Å²) < 4.78 is 6.04. The first-order valence-electron chi connectivity index (χ1n) is 13.2. The first kappa shape index (κ1) is 25.9. The van der Waals surface area contributed by atoms with E-state index in [-0.39, 0.29) is 5.91 Å². The number of amides is 1. The lowest BCUT2D eigenvalue weighted by atomic mass is 10.0. The first-order chi connectivity index (χ1) is 18.1. The summed E-state index contributed by atoms with van der Waals surface area (Å²) in [6, 6.07) is 8.68. The zero-order valence-electron chi connectivity index (χ0n) is 21.7. The molecule has 10 heteroatoms. The number of aromatic nitrogens is 3. The van der Waals surface area contributed by atoms with Gasteiger partial charge in [-0.25, -0.2) is 9.97 Å². The van der Waals surface area contributed by atoms with Crippen LogP contribution in [0.15, 0.2) is 34.9 Å². The molecule has 5 rings (SSSR count). The zero-order valence-corrected chi connectivity index (χ0v) is 23.3. The van der Waals surface area contributed by atoms with E-state index in [1.807, 2.05) is 11.1 Å². The van der Waals surface area contributed by atoms with Crippen LogP contribution in [0.3, 0.4) is 0 Å². The maximum Gasteiger partial charge on any atom is 0.242 e. The van der Waals surface area contributed by atoms with E-state index >= 15 is 0 Å². The Morgan fingerprint density at radius 1 is 1.16 bits per heavy atom. The average molecular weight is 571 g/mol. The molecule has 0 atom stereocenters. The van der Waals surface area contributed by atoms with Gasteiger partial charge in [0.25, 0.3) is 0 Å². The number of ether oxygens (including phenoxy) is 1. The topological polar surface area (TPSA) is 89.6 Å². The van der Waals surface area contributed by atoms with E-state index in [9.17, 15) is 4.79 Å². The number of benzene rings is 1. The monoisotopic (exact) mass is 569 g/mol. The average Bonchev–Trinajstić information content (AvgIpc) is 3.36. The minimum atomic E-state index is 0.167. The second kappa shape index (κ2) is 11.8. The summed E-state index contributed by atoms with van der Waals surface area (Å²) in [4.78, 5) is 32.1. The molecule has 0 saturated carbocycles. The number of piperidine rings is 1. The maximum atomic E-state index is 12.6. The molecule has 2 aliphatic heterocycles. The fourth-order valence-electron chi connectivity index (χ4n) is 5.20. The van der Waals surface area contributed by atoms with Crippen molar-refractivity contribution in [1.82, 2.24) is 24.8 Å². The molecular weight excluding hydrogens is 534 g/mol. The lowest BCUT2D eigenvalue weighted by Crippen LogP contribution is -2.50. The summed E-state index contributed by atoms with van der Waals surface area (Å²) in [5.41, 5.74) is 4.66. The molecule has 0 aliphatic carbocycles. The molecule has 2 aliphatic rings. The number of imidazole rings is 1. The predicted octanol–water partition coefficient (Wildman–Crippen LogP) is 3.97. The highest BCUT2D eigenvalue weighted by molar-refractivity contribution is 9.10. The number of piperazine rings is 1. The number of carbonyl (C=O) groups is 1. The van der Waals surface area contributed by atoms with E-state index in [2.05, 4.69) is 72.2 Å². The summed E-state index contributed by atoms with van der Waals surface area (Å²) in [5.74, 6) is 0.954. The molecule has 37 heavy (non-hydrogen) atoms. The van der Waals surface area contributed by atoms with Crippen molar-refractivity contribution in [2.75, 3.05) is 69.7 Å². The summed E-state index contributed by atoms with van der Waals surface area (Å²) in [5, 5.41) is 3.73. The smallest absolute Gasteiger partial charge is 0.242 e. The van der Waals surface area contributed by atoms with Crippen LogP contribution in [0.1, 0.15) is 26.2 Å². The van der Waals surface area contributed by atoms with E-state index < -0.39 is 0 Å². The normalized spacial score (nSPS) is 17.6. The molecule has 1 aromatic carbocycles. The van der Waals surface area contributed by atoms with Crippen molar-refractivity contribution in [3.8, 4) is 11.4 Å². The molecule has 0 bridgehead atoms. The van der Waals surface area contributed by atoms with Crippen LogP contribution >= 0.6 is 15.9 Å². The lowest BCUT2D eigenvalue weighted by Gasteiger charge is -2.35. The minimum Gasteiger partial charge on any atom is -0.385 e. The van der Waals surface area contributed by atoms with E-state index in [1.54, 1.807) is 7.11 Å². The number of methoxy groups -OCH3 is 1. The quantitative estimate of drug-likeness (QED) is 0.377. The number of hydrogen-bond acceptors (Lipinski definition) is 7. The summed E-state index contributed by atoms with van der Waals surface area (Å²) in [6.07, 6.45) is 4.94. The van der Waals surface area contributed by atoms with Gasteiger partial charge < -0.3 is 29.7 Å². The van der Waals surface area contributed by atoms with Crippen molar-refractivity contribution < 1.29 is 9.53 Å². The number of hydrogen-bond donors (Lipinski definition) is 2. The number of pyridine rings is 1. The van der Waals surface area contributed by atoms with Crippen LogP contribution in [-0.2, 0) is 9.53 Å². The van der Waals surface area contributed by atoms with Crippen LogP contribution in [0, 0.1) is 0 Å². The van der Waals surface area contributed by atoms with Gasteiger partial charge in [-0.3, -0.25) is 4.79 Å². The van der Waals surface area contributed by atoms with Gasteiger partial charge in [-0.15, -0.1) is 0 Å². The number of fused-ring (bicyclic) bond motifs is 1. The third-order valence-electron chi connectivity index (χ3n) is 7.45. The Hall–Kier alpha value is -2.69. The molecular formula is C27H36BrN7O2. The van der Waals surface area contributed by atoms with Crippen molar-refractivity contribution in [3.05, 3.63) is 34.9 Å². The molecule has 1 amide bonds. The van der Waals surface area contributed by atoms with E-state index in [0.717, 1.165) is 96.9 Å². The second-order valence-electron chi connectivity index (χ2n) is 9.81. The van der Waals surface area contributed by atoms with Crippen LogP contribution in [0.5, 0.6) is 0 Å². The number of H-pyrrole nitrogens is 1.